The van der Waals surface area contributed by atoms with Crippen LogP contribution in [-0.4, -0.2) is 9.55 Å². The van der Waals surface area contributed by atoms with E-state index in [-0.39, 0.29) is 0 Å². The molecule has 0 amide bonds. The predicted molar refractivity (Wildman–Crippen MR) is 87.9 cm³/mol. The van der Waals surface area contributed by atoms with Crippen LogP contribution in [0.3, 0.4) is 0 Å². The molecule has 0 atom stereocenters. The summed E-state index contributed by atoms with van der Waals surface area (Å²) in [6, 6.07) is 5.93. The third kappa shape index (κ3) is 2.79. The summed E-state index contributed by atoms with van der Waals surface area (Å²) in [5.74, 6) is 1.76. The summed E-state index contributed by atoms with van der Waals surface area (Å²) in [5, 5.41) is 0.784. The Balaban J connectivity index is 1.78. The molecule has 0 unspecified atom stereocenters. The number of aromatic amines is 1. The van der Waals surface area contributed by atoms with Crippen LogP contribution < -0.4 is 0 Å². The van der Waals surface area contributed by atoms with Gasteiger partial charge in [0.2, 0.25) is 0 Å². The van der Waals surface area contributed by atoms with E-state index in [9.17, 15) is 0 Å². The molecule has 1 saturated carbocycles. The Bertz CT molecular complexity index is 650. The van der Waals surface area contributed by atoms with E-state index in [4.69, 9.17) is 23.8 Å². The highest BCUT2D eigenvalue weighted by Crippen LogP contribution is 2.31. The van der Waals surface area contributed by atoms with Crippen LogP contribution >= 0.6 is 23.8 Å². The number of hydrogen-bond acceptors (Lipinski definition) is 1. The summed E-state index contributed by atoms with van der Waals surface area (Å²) in [6.45, 7) is 3.34. The van der Waals surface area contributed by atoms with E-state index in [1.165, 1.54) is 32.1 Å². The first-order chi connectivity index (χ1) is 9.65. The molecule has 3 rings (SSSR count). The Morgan fingerprint density at radius 2 is 2.05 bits per heavy atom. The van der Waals surface area contributed by atoms with E-state index < -0.39 is 0 Å². The molecule has 1 heterocycles. The van der Waals surface area contributed by atoms with E-state index >= 15 is 0 Å². The van der Waals surface area contributed by atoms with Gasteiger partial charge in [-0.1, -0.05) is 50.3 Å². The zero-order chi connectivity index (χ0) is 14.1. The van der Waals surface area contributed by atoms with Crippen LogP contribution in [0.4, 0.5) is 0 Å². The lowest BCUT2D eigenvalue weighted by molar-refractivity contribution is 0.269. The highest BCUT2D eigenvalue weighted by Gasteiger charge is 2.18. The van der Waals surface area contributed by atoms with Crippen molar-refractivity contribution in [2.75, 3.05) is 0 Å². The van der Waals surface area contributed by atoms with Gasteiger partial charge in [-0.05, 0) is 42.6 Å². The summed E-state index contributed by atoms with van der Waals surface area (Å²) in [4.78, 5) is 3.26. The average molecular weight is 309 g/mol. The molecule has 1 aromatic carbocycles. The number of para-hydroxylation sites is 1. The van der Waals surface area contributed by atoms with Gasteiger partial charge >= 0.3 is 0 Å². The van der Waals surface area contributed by atoms with Crippen molar-refractivity contribution in [1.29, 1.82) is 0 Å². The van der Waals surface area contributed by atoms with Crippen LogP contribution in [0.2, 0.25) is 5.02 Å². The molecule has 0 bridgehead atoms. The van der Waals surface area contributed by atoms with Crippen LogP contribution in [-0.2, 0) is 6.54 Å². The minimum absolute atomic E-state index is 0.784. The Morgan fingerprint density at radius 3 is 2.80 bits per heavy atom. The van der Waals surface area contributed by atoms with E-state index in [2.05, 4.69) is 16.5 Å². The zero-order valence-corrected chi connectivity index (χ0v) is 13.4. The highest BCUT2D eigenvalue weighted by atomic mass is 35.5. The third-order valence-electron chi connectivity index (χ3n) is 4.64. The standard InChI is InChI=1S/C16H21ClN2S/c1-11-5-7-12(8-6-11)9-10-19-15-13(17)3-2-4-14(15)18-16(19)20/h2-4,11-12H,5-10H2,1H3,(H,18,20). The number of nitrogens with zero attached hydrogens (tertiary/aromatic N) is 1. The molecule has 1 fully saturated rings. The molecule has 1 aliphatic rings. The number of aromatic nitrogens is 2. The van der Waals surface area contributed by atoms with E-state index in [1.54, 1.807) is 0 Å². The maximum atomic E-state index is 6.33. The maximum Gasteiger partial charge on any atom is 0.178 e. The average Bonchev–Trinajstić information content (AvgIpc) is 2.75. The molecular formula is C16H21ClN2S. The fourth-order valence-electron chi connectivity index (χ4n) is 3.32. The van der Waals surface area contributed by atoms with Gasteiger partial charge in [0.1, 0.15) is 0 Å². The minimum Gasteiger partial charge on any atom is -0.331 e. The number of halogens is 1. The number of benzene rings is 1. The first kappa shape index (κ1) is 14.2. The highest BCUT2D eigenvalue weighted by molar-refractivity contribution is 7.71. The van der Waals surface area contributed by atoms with Gasteiger partial charge in [0, 0.05) is 6.54 Å². The summed E-state index contributed by atoms with van der Waals surface area (Å²) in [6.07, 6.45) is 6.70. The van der Waals surface area contributed by atoms with Gasteiger partial charge in [-0.2, -0.15) is 0 Å². The molecule has 0 radical (unpaired) electrons. The summed E-state index contributed by atoms with van der Waals surface area (Å²) in [5.41, 5.74) is 2.10. The second-order valence-corrected chi connectivity index (χ2v) is 6.93. The summed E-state index contributed by atoms with van der Waals surface area (Å²) in [7, 11) is 0. The maximum absolute atomic E-state index is 6.33. The van der Waals surface area contributed by atoms with Gasteiger partial charge < -0.3 is 9.55 Å². The predicted octanol–water partition coefficient (Wildman–Crippen LogP) is 5.57. The second kappa shape index (κ2) is 5.90. The fourth-order valence-corrected chi connectivity index (χ4v) is 3.89. The lowest BCUT2D eigenvalue weighted by atomic mass is 9.81. The molecule has 20 heavy (non-hydrogen) atoms. The van der Waals surface area contributed by atoms with E-state index in [0.717, 1.165) is 39.2 Å². The van der Waals surface area contributed by atoms with Crippen molar-refractivity contribution in [3.8, 4) is 0 Å². The van der Waals surface area contributed by atoms with Gasteiger partial charge in [0.05, 0.1) is 16.1 Å². The minimum atomic E-state index is 0.784. The van der Waals surface area contributed by atoms with Gasteiger partial charge in [-0.15, -0.1) is 0 Å². The fraction of sp³-hybridized carbons (Fsp3) is 0.562. The molecular weight excluding hydrogens is 288 g/mol. The SMILES string of the molecule is CC1CCC(CCn2c(=S)[nH]c3cccc(Cl)c32)CC1. The van der Waals surface area contributed by atoms with Crippen molar-refractivity contribution in [3.05, 3.63) is 28.0 Å². The largest absolute Gasteiger partial charge is 0.331 e. The lowest BCUT2D eigenvalue weighted by Gasteiger charge is -2.26. The van der Waals surface area contributed by atoms with Gasteiger partial charge in [0.15, 0.2) is 4.77 Å². The molecule has 4 heteroatoms. The molecule has 0 saturated heterocycles. The number of fused-ring (bicyclic) bond motifs is 1. The number of H-pyrrole nitrogens is 1. The first-order valence-corrected chi connectivity index (χ1v) is 8.31. The number of hydrogen-bond donors (Lipinski definition) is 1. The third-order valence-corrected chi connectivity index (χ3v) is 5.27. The number of aryl methyl sites for hydroxylation is 1. The van der Waals surface area contributed by atoms with Gasteiger partial charge in [0.25, 0.3) is 0 Å². The van der Waals surface area contributed by atoms with Crippen LogP contribution in [0.5, 0.6) is 0 Å². The Kier molecular flexibility index (Phi) is 4.18. The topological polar surface area (TPSA) is 20.7 Å². The van der Waals surface area contributed by atoms with Crippen molar-refractivity contribution < 1.29 is 0 Å². The van der Waals surface area contributed by atoms with Gasteiger partial charge in [-0.3, -0.25) is 0 Å². The van der Waals surface area contributed by atoms with Crippen molar-refractivity contribution in [1.82, 2.24) is 9.55 Å². The smallest absolute Gasteiger partial charge is 0.178 e. The number of rotatable bonds is 3. The zero-order valence-electron chi connectivity index (χ0n) is 11.9. The van der Waals surface area contributed by atoms with Crippen molar-refractivity contribution in [2.45, 2.75) is 45.6 Å². The van der Waals surface area contributed by atoms with Crippen LogP contribution in [0.25, 0.3) is 11.0 Å². The van der Waals surface area contributed by atoms with E-state index in [1.807, 2.05) is 18.2 Å². The number of imidazole rings is 1. The van der Waals surface area contributed by atoms with Crippen molar-refractivity contribution in [3.63, 3.8) is 0 Å². The summed E-state index contributed by atoms with van der Waals surface area (Å²) >= 11 is 11.8. The summed E-state index contributed by atoms with van der Waals surface area (Å²) < 4.78 is 2.96. The number of nitrogens with one attached hydrogen (secondary N) is 1. The monoisotopic (exact) mass is 308 g/mol. The van der Waals surface area contributed by atoms with E-state index in [0.29, 0.717) is 0 Å². The molecule has 1 N–H and O–H groups in total. The lowest BCUT2D eigenvalue weighted by Crippen LogP contribution is -2.14. The molecule has 1 aliphatic carbocycles. The molecule has 1 aromatic heterocycles. The normalized spacial score (nSPS) is 23.3. The van der Waals surface area contributed by atoms with Crippen LogP contribution in [0.1, 0.15) is 39.0 Å². The first-order valence-electron chi connectivity index (χ1n) is 7.52. The van der Waals surface area contributed by atoms with Crippen molar-refractivity contribution >= 4 is 34.9 Å². The molecule has 0 spiro atoms. The van der Waals surface area contributed by atoms with Crippen molar-refractivity contribution in [2.24, 2.45) is 11.8 Å². The Labute approximate surface area is 130 Å². The quantitative estimate of drug-likeness (QED) is 0.735. The van der Waals surface area contributed by atoms with Gasteiger partial charge in [-0.25, -0.2) is 0 Å². The van der Waals surface area contributed by atoms with Crippen LogP contribution in [0, 0.1) is 16.6 Å². The van der Waals surface area contributed by atoms with Crippen LogP contribution in [0.15, 0.2) is 18.2 Å². The molecule has 0 aliphatic heterocycles. The molecule has 2 nitrogen and oxygen atoms in total. The Hall–Kier alpha value is -0.800. The Morgan fingerprint density at radius 1 is 1.30 bits per heavy atom. The molecule has 108 valence electrons. The molecule has 2 aromatic rings. The second-order valence-electron chi connectivity index (χ2n) is 6.13.